The van der Waals surface area contributed by atoms with Crippen molar-refractivity contribution in [2.75, 3.05) is 6.54 Å². The maximum atomic E-state index is 4.55. The summed E-state index contributed by atoms with van der Waals surface area (Å²) >= 11 is 1.72. The molecule has 2 aromatic heterocycles. The van der Waals surface area contributed by atoms with E-state index >= 15 is 0 Å². The lowest BCUT2D eigenvalue weighted by atomic mass is 10.3. The molecule has 0 atom stereocenters. The van der Waals surface area contributed by atoms with Crippen molar-refractivity contribution in [2.45, 2.75) is 33.9 Å². The summed E-state index contributed by atoms with van der Waals surface area (Å²) in [5.74, 6) is 0.800. The molecule has 21 heavy (non-hydrogen) atoms. The van der Waals surface area contributed by atoms with Crippen molar-refractivity contribution in [1.82, 2.24) is 20.6 Å². The molecule has 2 N–H and O–H groups in total. The van der Waals surface area contributed by atoms with Crippen molar-refractivity contribution in [3.8, 4) is 0 Å². The normalized spacial score (nSPS) is 11.5. The summed E-state index contributed by atoms with van der Waals surface area (Å²) in [6.07, 6.45) is 1.79. The van der Waals surface area contributed by atoms with Gasteiger partial charge in [-0.25, -0.2) is 9.98 Å². The highest BCUT2D eigenvalue weighted by Gasteiger charge is 2.05. The van der Waals surface area contributed by atoms with E-state index in [9.17, 15) is 0 Å². The molecule has 2 aromatic rings. The largest absolute Gasteiger partial charge is 0.357 e. The highest BCUT2D eigenvalue weighted by molar-refractivity contribution is 7.11. The number of nitrogens with one attached hydrogen (secondary N) is 2. The van der Waals surface area contributed by atoms with Gasteiger partial charge in [0.05, 0.1) is 29.5 Å². The fraction of sp³-hybridized carbons (Fsp3) is 0.400. The van der Waals surface area contributed by atoms with E-state index in [0.29, 0.717) is 6.54 Å². The van der Waals surface area contributed by atoms with Gasteiger partial charge < -0.3 is 10.6 Å². The van der Waals surface area contributed by atoms with Gasteiger partial charge in [-0.3, -0.25) is 4.98 Å². The minimum absolute atomic E-state index is 0.566. The van der Waals surface area contributed by atoms with Crippen molar-refractivity contribution >= 4 is 17.3 Å². The lowest BCUT2D eigenvalue weighted by Crippen LogP contribution is -2.36. The highest BCUT2D eigenvalue weighted by atomic mass is 32.1. The molecule has 0 radical (unpaired) electrons. The molecule has 0 bridgehead atoms. The van der Waals surface area contributed by atoms with Crippen LogP contribution in [-0.2, 0) is 13.1 Å². The minimum atomic E-state index is 0.566. The molecule has 2 heterocycles. The van der Waals surface area contributed by atoms with E-state index in [1.807, 2.05) is 32.0 Å². The van der Waals surface area contributed by atoms with Gasteiger partial charge >= 0.3 is 0 Å². The quantitative estimate of drug-likeness (QED) is 0.658. The molecule has 112 valence electrons. The Labute approximate surface area is 129 Å². The molecular weight excluding hydrogens is 282 g/mol. The second-order valence-corrected chi connectivity index (χ2v) is 5.90. The highest BCUT2D eigenvalue weighted by Crippen LogP contribution is 2.16. The Morgan fingerprint density at radius 1 is 1.29 bits per heavy atom. The van der Waals surface area contributed by atoms with Gasteiger partial charge in [-0.15, -0.1) is 11.3 Å². The van der Waals surface area contributed by atoms with Crippen LogP contribution in [0.1, 0.15) is 28.2 Å². The van der Waals surface area contributed by atoms with E-state index in [1.165, 1.54) is 4.88 Å². The van der Waals surface area contributed by atoms with Crippen LogP contribution >= 0.6 is 11.3 Å². The number of nitrogens with zero attached hydrogens (tertiary/aromatic N) is 3. The van der Waals surface area contributed by atoms with E-state index in [4.69, 9.17) is 0 Å². The smallest absolute Gasteiger partial charge is 0.191 e. The molecule has 0 amide bonds. The van der Waals surface area contributed by atoms with E-state index in [-0.39, 0.29) is 0 Å². The van der Waals surface area contributed by atoms with Crippen LogP contribution in [-0.4, -0.2) is 22.5 Å². The monoisotopic (exact) mass is 303 g/mol. The average Bonchev–Trinajstić information content (AvgIpc) is 2.81. The van der Waals surface area contributed by atoms with E-state index in [1.54, 1.807) is 17.5 Å². The van der Waals surface area contributed by atoms with Crippen LogP contribution in [0, 0.1) is 13.8 Å². The molecule has 2 rings (SSSR count). The summed E-state index contributed by atoms with van der Waals surface area (Å²) in [6, 6.07) is 5.86. The Hall–Kier alpha value is -1.95. The first-order valence-electron chi connectivity index (χ1n) is 7.04. The second-order valence-electron chi connectivity index (χ2n) is 4.61. The molecule has 6 heteroatoms. The Kier molecular flexibility index (Phi) is 5.68. The van der Waals surface area contributed by atoms with Crippen LogP contribution in [0.4, 0.5) is 0 Å². The Morgan fingerprint density at radius 3 is 2.76 bits per heavy atom. The van der Waals surface area contributed by atoms with Crippen LogP contribution < -0.4 is 10.6 Å². The average molecular weight is 303 g/mol. The molecule has 0 aromatic carbocycles. The number of hydrogen-bond donors (Lipinski definition) is 2. The van der Waals surface area contributed by atoms with Crippen molar-refractivity contribution < 1.29 is 0 Å². The Balaban J connectivity index is 1.96. The number of rotatable bonds is 5. The van der Waals surface area contributed by atoms with Crippen molar-refractivity contribution in [1.29, 1.82) is 0 Å². The summed E-state index contributed by atoms with van der Waals surface area (Å²) in [5.41, 5.74) is 2.05. The maximum absolute atomic E-state index is 4.55. The zero-order chi connectivity index (χ0) is 15.1. The zero-order valence-corrected chi connectivity index (χ0v) is 13.5. The maximum Gasteiger partial charge on any atom is 0.191 e. The predicted molar refractivity (Wildman–Crippen MR) is 87.5 cm³/mol. The molecule has 0 saturated heterocycles. The molecule has 0 aliphatic rings. The first kappa shape index (κ1) is 15.4. The molecular formula is C15H21N5S. The summed E-state index contributed by atoms with van der Waals surface area (Å²) in [4.78, 5) is 14.5. The van der Waals surface area contributed by atoms with E-state index in [0.717, 1.165) is 35.4 Å². The van der Waals surface area contributed by atoms with Gasteiger partial charge in [-0.05, 0) is 32.9 Å². The topological polar surface area (TPSA) is 62.2 Å². The third-order valence-electron chi connectivity index (χ3n) is 2.89. The predicted octanol–water partition coefficient (Wildman–Crippen LogP) is 2.41. The Morgan fingerprint density at radius 2 is 2.14 bits per heavy atom. The fourth-order valence-electron chi connectivity index (χ4n) is 1.89. The molecule has 0 saturated carbocycles. The van der Waals surface area contributed by atoms with Crippen LogP contribution in [0.5, 0.6) is 0 Å². The van der Waals surface area contributed by atoms with Gasteiger partial charge in [0.2, 0.25) is 0 Å². The van der Waals surface area contributed by atoms with Gasteiger partial charge in [-0.1, -0.05) is 6.07 Å². The number of hydrogen-bond acceptors (Lipinski definition) is 4. The van der Waals surface area contributed by atoms with Gasteiger partial charge in [0.1, 0.15) is 0 Å². The van der Waals surface area contributed by atoms with Gasteiger partial charge in [0.25, 0.3) is 0 Å². The van der Waals surface area contributed by atoms with Gasteiger partial charge in [-0.2, -0.15) is 0 Å². The van der Waals surface area contributed by atoms with Crippen molar-refractivity contribution in [2.24, 2.45) is 4.99 Å². The summed E-state index contributed by atoms with van der Waals surface area (Å²) < 4.78 is 0. The molecule has 0 aliphatic heterocycles. The van der Waals surface area contributed by atoms with Gasteiger partial charge in [0, 0.05) is 17.6 Å². The lowest BCUT2D eigenvalue weighted by Gasteiger charge is -2.10. The van der Waals surface area contributed by atoms with Crippen LogP contribution in [0.25, 0.3) is 0 Å². The number of guanidine groups is 1. The first-order valence-corrected chi connectivity index (χ1v) is 7.85. The SMILES string of the molecule is CCNC(=NCc1ccccn1)NCc1sc(C)nc1C. The van der Waals surface area contributed by atoms with Crippen molar-refractivity contribution in [3.63, 3.8) is 0 Å². The molecule has 0 aliphatic carbocycles. The second kappa shape index (κ2) is 7.73. The molecule has 0 unspecified atom stereocenters. The van der Waals surface area contributed by atoms with Crippen molar-refractivity contribution in [3.05, 3.63) is 45.7 Å². The molecule has 5 nitrogen and oxygen atoms in total. The summed E-state index contributed by atoms with van der Waals surface area (Å²) in [6.45, 7) is 8.26. The minimum Gasteiger partial charge on any atom is -0.357 e. The molecule has 0 spiro atoms. The van der Waals surface area contributed by atoms with Crippen LogP contribution in [0.3, 0.4) is 0 Å². The third-order valence-corrected chi connectivity index (χ3v) is 3.96. The number of thiazole rings is 1. The number of pyridine rings is 1. The van der Waals surface area contributed by atoms with Gasteiger partial charge in [0.15, 0.2) is 5.96 Å². The summed E-state index contributed by atoms with van der Waals surface area (Å²) in [7, 11) is 0. The third kappa shape index (κ3) is 4.82. The number of aryl methyl sites for hydroxylation is 2. The zero-order valence-electron chi connectivity index (χ0n) is 12.7. The standard InChI is InChI=1S/C15H21N5S/c1-4-16-15(18-9-13-7-5-6-8-17-13)19-10-14-11(2)20-12(3)21-14/h5-8H,4,9-10H2,1-3H3,(H2,16,18,19). The van der Waals surface area contributed by atoms with Crippen LogP contribution in [0.15, 0.2) is 29.4 Å². The first-order chi connectivity index (χ1) is 10.2. The van der Waals surface area contributed by atoms with E-state index < -0.39 is 0 Å². The Bertz CT molecular complexity index is 591. The van der Waals surface area contributed by atoms with E-state index in [2.05, 4.69) is 32.5 Å². The van der Waals surface area contributed by atoms with Crippen LogP contribution in [0.2, 0.25) is 0 Å². The number of aliphatic imine (C=N–C) groups is 1. The molecule has 0 fully saturated rings. The fourth-order valence-corrected chi connectivity index (χ4v) is 2.77. The summed E-state index contributed by atoms with van der Waals surface area (Å²) in [5, 5.41) is 7.68. The lowest BCUT2D eigenvalue weighted by molar-refractivity contribution is 0.814. The number of aromatic nitrogens is 2.